The first-order chi connectivity index (χ1) is 8.10. The van der Waals surface area contributed by atoms with Gasteiger partial charge in [0.25, 0.3) is 0 Å². The summed E-state index contributed by atoms with van der Waals surface area (Å²) in [6.45, 7) is 3.36. The predicted molar refractivity (Wildman–Crippen MR) is 65.2 cm³/mol. The van der Waals surface area contributed by atoms with Crippen molar-refractivity contribution in [2.45, 2.75) is 38.3 Å². The van der Waals surface area contributed by atoms with Crippen LogP contribution >= 0.6 is 0 Å². The number of hydrogen-bond donors (Lipinski definition) is 2. The number of rotatable bonds is 6. The Hall–Kier alpha value is -1.36. The van der Waals surface area contributed by atoms with E-state index < -0.39 is 5.54 Å². The van der Waals surface area contributed by atoms with Crippen molar-refractivity contribution in [3.63, 3.8) is 0 Å². The van der Waals surface area contributed by atoms with Crippen LogP contribution in [0.15, 0.2) is 18.7 Å². The van der Waals surface area contributed by atoms with Crippen molar-refractivity contribution in [1.29, 1.82) is 0 Å². The minimum Gasteiger partial charge on any atom is -0.354 e. The van der Waals surface area contributed by atoms with E-state index in [4.69, 9.17) is 5.73 Å². The molecule has 5 nitrogen and oxygen atoms in total. The van der Waals surface area contributed by atoms with Crippen molar-refractivity contribution < 1.29 is 4.79 Å². The zero-order valence-corrected chi connectivity index (χ0v) is 10.2. The first-order valence-electron chi connectivity index (χ1n) is 6.13. The lowest BCUT2D eigenvalue weighted by Crippen LogP contribution is -2.53. The molecular weight excluding hydrogens is 216 g/mol. The molecule has 0 aromatic carbocycles. The highest BCUT2D eigenvalue weighted by atomic mass is 16.2. The number of imidazole rings is 1. The van der Waals surface area contributed by atoms with Crippen LogP contribution < -0.4 is 11.1 Å². The monoisotopic (exact) mass is 236 g/mol. The number of aromatic nitrogens is 2. The zero-order chi connectivity index (χ0) is 12.3. The van der Waals surface area contributed by atoms with E-state index in [0.29, 0.717) is 12.5 Å². The fourth-order valence-corrected chi connectivity index (χ4v) is 1.94. The molecule has 1 heterocycles. The molecule has 1 aliphatic rings. The van der Waals surface area contributed by atoms with E-state index in [1.807, 2.05) is 17.7 Å². The number of nitrogens with zero attached hydrogens (tertiary/aromatic N) is 2. The van der Waals surface area contributed by atoms with E-state index in [2.05, 4.69) is 10.3 Å². The summed E-state index contributed by atoms with van der Waals surface area (Å²) in [5, 5.41) is 2.91. The summed E-state index contributed by atoms with van der Waals surface area (Å²) in [6.07, 6.45) is 8.49. The molecule has 0 spiro atoms. The summed E-state index contributed by atoms with van der Waals surface area (Å²) < 4.78 is 1.99. The van der Waals surface area contributed by atoms with Crippen LogP contribution in [0.1, 0.15) is 26.2 Å². The summed E-state index contributed by atoms with van der Waals surface area (Å²) in [4.78, 5) is 15.8. The van der Waals surface area contributed by atoms with E-state index in [0.717, 1.165) is 25.8 Å². The molecule has 17 heavy (non-hydrogen) atoms. The van der Waals surface area contributed by atoms with Crippen LogP contribution in [0.2, 0.25) is 0 Å². The van der Waals surface area contributed by atoms with E-state index in [-0.39, 0.29) is 5.91 Å². The Balaban J connectivity index is 1.66. The van der Waals surface area contributed by atoms with Gasteiger partial charge in [0.2, 0.25) is 5.91 Å². The third-order valence-corrected chi connectivity index (χ3v) is 3.35. The molecule has 3 N–H and O–H groups in total. The molecule has 1 aromatic rings. The molecule has 0 saturated heterocycles. The Labute approximate surface area is 101 Å². The summed E-state index contributed by atoms with van der Waals surface area (Å²) >= 11 is 0. The summed E-state index contributed by atoms with van der Waals surface area (Å²) in [6, 6.07) is 0. The lowest BCUT2D eigenvalue weighted by molar-refractivity contribution is -0.126. The van der Waals surface area contributed by atoms with Crippen LogP contribution in [-0.2, 0) is 11.3 Å². The first-order valence-corrected chi connectivity index (χ1v) is 6.13. The van der Waals surface area contributed by atoms with Gasteiger partial charge in [-0.3, -0.25) is 4.79 Å². The van der Waals surface area contributed by atoms with Gasteiger partial charge in [-0.05, 0) is 32.1 Å². The van der Waals surface area contributed by atoms with E-state index in [9.17, 15) is 4.79 Å². The van der Waals surface area contributed by atoms with Crippen LogP contribution in [0.25, 0.3) is 0 Å². The van der Waals surface area contributed by atoms with E-state index in [1.165, 1.54) is 0 Å². The Bertz CT molecular complexity index is 368. The topological polar surface area (TPSA) is 72.9 Å². The SMILES string of the molecule is CC(N)(C(=O)NCCCn1ccnc1)C1CC1. The number of nitrogens with two attached hydrogens (primary N) is 1. The number of carbonyl (C=O) groups is 1. The largest absolute Gasteiger partial charge is 0.354 e. The lowest BCUT2D eigenvalue weighted by atomic mass is 9.96. The summed E-state index contributed by atoms with van der Waals surface area (Å²) in [5.74, 6) is 0.349. The Morgan fingerprint density at radius 2 is 2.41 bits per heavy atom. The fraction of sp³-hybridized carbons (Fsp3) is 0.667. The number of nitrogens with one attached hydrogen (secondary N) is 1. The number of carbonyl (C=O) groups excluding carboxylic acids is 1. The maximum Gasteiger partial charge on any atom is 0.240 e. The molecule has 1 fully saturated rings. The fourth-order valence-electron chi connectivity index (χ4n) is 1.94. The molecular formula is C12H20N4O. The molecule has 0 aliphatic heterocycles. The van der Waals surface area contributed by atoms with Gasteiger partial charge in [-0.2, -0.15) is 0 Å². The second-order valence-electron chi connectivity index (χ2n) is 4.97. The van der Waals surface area contributed by atoms with Crippen molar-refractivity contribution in [3.8, 4) is 0 Å². The van der Waals surface area contributed by atoms with E-state index in [1.54, 1.807) is 12.5 Å². The standard InChI is InChI=1S/C12H20N4O/c1-12(13,10-3-4-10)11(17)15-5-2-7-16-8-6-14-9-16/h6,8-10H,2-5,7,13H2,1H3,(H,15,17). The first kappa shape index (κ1) is 12.1. The quantitative estimate of drug-likeness (QED) is 0.707. The average molecular weight is 236 g/mol. The third-order valence-electron chi connectivity index (χ3n) is 3.35. The summed E-state index contributed by atoms with van der Waals surface area (Å²) in [7, 11) is 0. The number of amides is 1. The van der Waals surface area contributed by atoms with Gasteiger partial charge < -0.3 is 15.6 Å². The van der Waals surface area contributed by atoms with Crippen LogP contribution in [0.4, 0.5) is 0 Å². The van der Waals surface area contributed by atoms with Gasteiger partial charge in [-0.25, -0.2) is 4.98 Å². The van der Waals surface area contributed by atoms with E-state index >= 15 is 0 Å². The molecule has 1 amide bonds. The Morgan fingerprint density at radius 1 is 1.65 bits per heavy atom. The molecule has 1 aliphatic carbocycles. The summed E-state index contributed by atoms with van der Waals surface area (Å²) in [5.41, 5.74) is 5.33. The van der Waals surface area contributed by atoms with Gasteiger partial charge >= 0.3 is 0 Å². The van der Waals surface area contributed by atoms with Crippen LogP contribution in [0, 0.1) is 5.92 Å². The van der Waals surface area contributed by atoms with Gasteiger partial charge in [0.05, 0.1) is 11.9 Å². The highest BCUT2D eigenvalue weighted by Crippen LogP contribution is 2.37. The second kappa shape index (κ2) is 4.87. The maximum atomic E-state index is 11.9. The zero-order valence-electron chi connectivity index (χ0n) is 10.2. The molecule has 0 bridgehead atoms. The van der Waals surface area contributed by atoms with Gasteiger partial charge in [-0.1, -0.05) is 0 Å². The minimum atomic E-state index is -0.686. The van der Waals surface area contributed by atoms with Crippen LogP contribution in [-0.4, -0.2) is 27.5 Å². The molecule has 1 unspecified atom stereocenters. The van der Waals surface area contributed by atoms with Crippen molar-refractivity contribution in [3.05, 3.63) is 18.7 Å². The maximum absolute atomic E-state index is 11.9. The van der Waals surface area contributed by atoms with Crippen LogP contribution in [0.5, 0.6) is 0 Å². The van der Waals surface area contributed by atoms with Crippen molar-refractivity contribution in [2.75, 3.05) is 6.54 Å². The highest BCUT2D eigenvalue weighted by Gasteiger charge is 2.43. The van der Waals surface area contributed by atoms with Crippen molar-refractivity contribution in [1.82, 2.24) is 14.9 Å². The van der Waals surface area contributed by atoms with Crippen molar-refractivity contribution >= 4 is 5.91 Å². The van der Waals surface area contributed by atoms with Gasteiger partial charge in [0.15, 0.2) is 0 Å². The molecule has 1 aromatic heterocycles. The second-order valence-corrected chi connectivity index (χ2v) is 4.97. The molecule has 2 rings (SSSR count). The van der Waals surface area contributed by atoms with Crippen LogP contribution in [0.3, 0.4) is 0 Å². The molecule has 0 radical (unpaired) electrons. The predicted octanol–water partition coefficient (Wildman–Crippen LogP) is 0.517. The van der Waals surface area contributed by atoms with Gasteiger partial charge in [0.1, 0.15) is 0 Å². The Kier molecular flexibility index (Phi) is 3.47. The van der Waals surface area contributed by atoms with Gasteiger partial charge in [-0.15, -0.1) is 0 Å². The molecule has 1 saturated carbocycles. The molecule has 5 heteroatoms. The lowest BCUT2D eigenvalue weighted by Gasteiger charge is -2.23. The minimum absolute atomic E-state index is 0.0226. The highest BCUT2D eigenvalue weighted by molar-refractivity contribution is 5.86. The smallest absolute Gasteiger partial charge is 0.240 e. The van der Waals surface area contributed by atoms with Crippen molar-refractivity contribution in [2.24, 2.45) is 11.7 Å². The Morgan fingerprint density at radius 3 is 3.00 bits per heavy atom. The number of hydrogen-bond acceptors (Lipinski definition) is 3. The van der Waals surface area contributed by atoms with Gasteiger partial charge in [0, 0.05) is 25.5 Å². The average Bonchev–Trinajstić information content (AvgIpc) is 3.04. The normalized spacial score (nSPS) is 18.7. The third kappa shape index (κ3) is 3.06. The number of aryl methyl sites for hydroxylation is 1. The molecule has 94 valence electrons. The molecule has 1 atom stereocenters.